The lowest BCUT2D eigenvalue weighted by Crippen LogP contribution is -2.31. The van der Waals surface area contributed by atoms with Crippen molar-refractivity contribution in [1.82, 2.24) is 9.47 Å². The molecule has 1 aliphatic heterocycles. The van der Waals surface area contributed by atoms with Crippen LogP contribution in [0.4, 0.5) is 0 Å². The number of rotatable bonds is 5. The maximum atomic E-state index is 12.7. The lowest BCUT2D eigenvalue weighted by molar-refractivity contribution is 0.0638. The Morgan fingerprint density at radius 2 is 1.66 bits per heavy atom. The molecule has 1 aliphatic carbocycles. The molecular weight excluding hydrogens is 450 g/mol. The van der Waals surface area contributed by atoms with Crippen molar-refractivity contribution in [3.05, 3.63) is 51.3 Å². The molecule has 0 N–H and O–H groups in total. The second kappa shape index (κ2) is 9.85. The molecule has 5 nitrogen and oxygen atoms in total. The van der Waals surface area contributed by atoms with Gasteiger partial charge in [0.05, 0.1) is 29.4 Å². The molecule has 0 spiro atoms. The van der Waals surface area contributed by atoms with Crippen molar-refractivity contribution in [2.24, 2.45) is 4.99 Å². The summed E-state index contributed by atoms with van der Waals surface area (Å²) in [6.07, 6.45) is 8.47. The molecule has 2 amide bonds. The number of halogens is 1. The normalized spacial score (nSPS) is 18.0. The highest BCUT2D eigenvalue weighted by Crippen LogP contribution is 2.25. The predicted molar refractivity (Wildman–Crippen MR) is 121 cm³/mol. The van der Waals surface area contributed by atoms with Gasteiger partial charge in [-0.1, -0.05) is 44.7 Å². The van der Waals surface area contributed by atoms with E-state index >= 15 is 0 Å². The summed E-state index contributed by atoms with van der Waals surface area (Å²) < 4.78 is 2.21. The van der Waals surface area contributed by atoms with Gasteiger partial charge in [-0.2, -0.15) is 0 Å². The number of carbonyl (C=O) groups excluding carboxylic acids is 2. The Kier molecular flexibility index (Phi) is 7.46. The quantitative estimate of drug-likeness (QED) is 0.451. The third-order valence-corrected chi connectivity index (χ3v) is 6.57. The minimum Gasteiger partial charge on any atom is -0.319 e. The van der Waals surface area contributed by atoms with Crippen molar-refractivity contribution in [3.63, 3.8) is 0 Å². The van der Waals surface area contributed by atoms with Gasteiger partial charge in [0.2, 0.25) is 0 Å². The highest BCUT2D eigenvalue weighted by molar-refractivity contribution is 8.93. The average molecular weight is 478 g/mol. The summed E-state index contributed by atoms with van der Waals surface area (Å²) >= 11 is 1.63. The highest BCUT2D eigenvalue weighted by atomic mass is 79.9. The minimum absolute atomic E-state index is 0. The van der Waals surface area contributed by atoms with Crippen molar-refractivity contribution in [2.75, 3.05) is 0 Å². The predicted octanol–water partition coefficient (Wildman–Crippen LogP) is 4.96. The van der Waals surface area contributed by atoms with E-state index in [2.05, 4.69) is 16.9 Å². The van der Waals surface area contributed by atoms with Gasteiger partial charge >= 0.3 is 0 Å². The first-order chi connectivity index (χ1) is 13.7. The summed E-state index contributed by atoms with van der Waals surface area (Å²) in [5.41, 5.74) is 2.01. The summed E-state index contributed by atoms with van der Waals surface area (Å²) in [7, 11) is 0. The molecule has 0 radical (unpaired) electrons. The Labute approximate surface area is 186 Å². The van der Waals surface area contributed by atoms with Crippen LogP contribution in [0.15, 0.2) is 34.6 Å². The lowest BCUT2D eigenvalue weighted by Gasteiger charge is -2.16. The molecule has 1 fully saturated rings. The van der Waals surface area contributed by atoms with Crippen molar-refractivity contribution in [3.8, 4) is 0 Å². The summed E-state index contributed by atoms with van der Waals surface area (Å²) in [6, 6.07) is 7.47. The SMILES string of the molecule is Br.CCCn1c(CN2C(=O)c3ccccc3C2=O)csc1=NC1CCCCCC1. The molecule has 4 rings (SSSR count). The number of thiazole rings is 1. The van der Waals surface area contributed by atoms with Gasteiger partial charge in [0, 0.05) is 11.9 Å². The van der Waals surface area contributed by atoms with Crippen LogP contribution >= 0.6 is 28.3 Å². The fourth-order valence-electron chi connectivity index (χ4n) is 4.14. The number of benzene rings is 1. The van der Waals surface area contributed by atoms with Gasteiger partial charge in [-0.3, -0.25) is 19.5 Å². The van der Waals surface area contributed by atoms with Gasteiger partial charge in [0.15, 0.2) is 4.80 Å². The van der Waals surface area contributed by atoms with Crippen LogP contribution in [0.5, 0.6) is 0 Å². The van der Waals surface area contributed by atoms with Crippen molar-refractivity contribution < 1.29 is 9.59 Å². The third-order valence-electron chi connectivity index (χ3n) is 5.64. The Morgan fingerprint density at radius 1 is 1.03 bits per heavy atom. The third kappa shape index (κ3) is 4.56. The van der Waals surface area contributed by atoms with Gasteiger partial charge in [-0.15, -0.1) is 28.3 Å². The fraction of sp³-hybridized carbons (Fsp3) is 0.500. The van der Waals surface area contributed by atoms with Gasteiger partial charge in [-0.05, 0) is 31.4 Å². The van der Waals surface area contributed by atoms with Crippen LogP contribution in [0.25, 0.3) is 0 Å². The topological polar surface area (TPSA) is 54.7 Å². The van der Waals surface area contributed by atoms with Crippen LogP contribution < -0.4 is 4.80 Å². The molecule has 0 bridgehead atoms. The van der Waals surface area contributed by atoms with Gasteiger partial charge < -0.3 is 4.57 Å². The fourth-order valence-corrected chi connectivity index (χ4v) is 5.13. The Balaban J connectivity index is 0.00000240. The van der Waals surface area contributed by atoms with E-state index in [4.69, 9.17) is 4.99 Å². The number of aromatic nitrogens is 1. The molecule has 7 heteroatoms. The second-order valence-electron chi connectivity index (χ2n) is 7.68. The van der Waals surface area contributed by atoms with Crippen LogP contribution in [0.1, 0.15) is 78.3 Å². The summed E-state index contributed by atoms with van der Waals surface area (Å²) in [5, 5.41) is 2.06. The zero-order valence-electron chi connectivity index (χ0n) is 16.8. The average Bonchev–Trinajstić information content (AvgIpc) is 3.04. The van der Waals surface area contributed by atoms with Gasteiger partial charge in [-0.25, -0.2) is 0 Å². The number of fused-ring (bicyclic) bond motifs is 1. The van der Waals surface area contributed by atoms with E-state index in [1.165, 1.54) is 30.6 Å². The molecule has 2 aromatic rings. The second-order valence-corrected chi connectivity index (χ2v) is 8.51. The maximum absolute atomic E-state index is 12.7. The van der Waals surface area contributed by atoms with E-state index in [1.807, 2.05) is 0 Å². The number of nitrogens with zero attached hydrogens (tertiary/aromatic N) is 3. The molecule has 29 heavy (non-hydrogen) atoms. The Bertz CT molecular complexity index is 907. The maximum Gasteiger partial charge on any atom is 0.261 e. The summed E-state index contributed by atoms with van der Waals surface area (Å²) in [4.78, 5) is 32.9. The lowest BCUT2D eigenvalue weighted by atomic mass is 10.1. The van der Waals surface area contributed by atoms with E-state index in [0.29, 0.717) is 23.7 Å². The first kappa shape index (κ1) is 22.0. The molecule has 1 aromatic carbocycles. The van der Waals surface area contributed by atoms with E-state index in [9.17, 15) is 9.59 Å². The molecule has 1 aromatic heterocycles. The largest absolute Gasteiger partial charge is 0.319 e. The van der Waals surface area contributed by atoms with Gasteiger partial charge in [0.25, 0.3) is 11.8 Å². The minimum atomic E-state index is -0.197. The monoisotopic (exact) mass is 477 g/mol. The Morgan fingerprint density at radius 3 is 2.24 bits per heavy atom. The number of imide groups is 1. The smallest absolute Gasteiger partial charge is 0.261 e. The van der Waals surface area contributed by atoms with E-state index in [1.54, 1.807) is 35.6 Å². The molecule has 156 valence electrons. The zero-order chi connectivity index (χ0) is 19.5. The number of hydrogen-bond donors (Lipinski definition) is 0. The van der Waals surface area contributed by atoms with Crippen LogP contribution in [-0.4, -0.2) is 27.3 Å². The number of carbonyl (C=O) groups is 2. The standard InChI is InChI=1S/C22H27N3O2S.BrH/c1-2-13-24-17(15-28-22(24)23-16-9-5-3-4-6-10-16)14-25-20(26)18-11-7-8-12-19(18)21(25)27;/h7-8,11-12,15-16H,2-6,9-10,13-14H2,1H3;1H. The molecule has 0 atom stereocenters. The van der Waals surface area contributed by atoms with Crippen molar-refractivity contribution in [2.45, 2.75) is 71.0 Å². The van der Waals surface area contributed by atoms with Gasteiger partial charge in [0.1, 0.15) is 0 Å². The van der Waals surface area contributed by atoms with Crippen LogP contribution in [-0.2, 0) is 13.1 Å². The zero-order valence-corrected chi connectivity index (χ0v) is 19.3. The Hall–Kier alpha value is -1.73. The molecule has 2 heterocycles. The van der Waals surface area contributed by atoms with Crippen LogP contribution in [0.3, 0.4) is 0 Å². The molecule has 0 unspecified atom stereocenters. The molecular formula is C22H28BrN3O2S. The first-order valence-electron chi connectivity index (χ1n) is 10.3. The van der Waals surface area contributed by atoms with E-state index in [-0.39, 0.29) is 28.8 Å². The summed E-state index contributed by atoms with van der Waals surface area (Å²) in [6.45, 7) is 3.31. The molecule has 1 saturated carbocycles. The first-order valence-corrected chi connectivity index (χ1v) is 11.2. The molecule has 0 saturated heterocycles. The highest BCUT2D eigenvalue weighted by Gasteiger charge is 2.35. The van der Waals surface area contributed by atoms with E-state index in [0.717, 1.165) is 36.3 Å². The van der Waals surface area contributed by atoms with E-state index < -0.39 is 0 Å². The number of hydrogen-bond acceptors (Lipinski definition) is 4. The van der Waals surface area contributed by atoms with Crippen molar-refractivity contribution in [1.29, 1.82) is 0 Å². The number of amides is 2. The van der Waals surface area contributed by atoms with Crippen molar-refractivity contribution >= 4 is 40.1 Å². The summed E-state index contributed by atoms with van der Waals surface area (Å²) in [5.74, 6) is -0.394. The molecule has 2 aliphatic rings. The van der Waals surface area contributed by atoms with Crippen LogP contribution in [0, 0.1) is 0 Å². The van der Waals surface area contributed by atoms with Crippen LogP contribution in [0.2, 0.25) is 0 Å².